The van der Waals surface area contributed by atoms with Gasteiger partial charge in [0.1, 0.15) is 54.6 Å². The van der Waals surface area contributed by atoms with Gasteiger partial charge in [0.15, 0.2) is 18.1 Å². The Kier molecular flexibility index (Phi) is 33.0. The van der Waals surface area contributed by atoms with Gasteiger partial charge in [0.05, 0.1) is 31.1 Å². The van der Waals surface area contributed by atoms with Crippen molar-refractivity contribution in [3.05, 3.63) is 47.7 Å². The summed E-state index contributed by atoms with van der Waals surface area (Å²) in [4.78, 5) is 155. The van der Waals surface area contributed by atoms with Crippen LogP contribution in [0.25, 0.3) is 0 Å². The van der Waals surface area contributed by atoms with E-state index in [1.165, 1.54) is 6.92 Å². The first-order valence-electron chi connectivity index (χ1n) is 26.9. The molecule has 31 nitrogen and oxygen atoms in total. The summed E-state index contributed by atoms with van der Waals surface area (Å²) < 4.78 is 5.26. The quantitative estimate of drug-likeness (QED) is 0.0114. The van der Waals surface area contributed by atoms with Crippen molar-refractivity contribution in [1.29, 1.82) is 0 Å². The van der Waals surface area contributed by atoms with Crippen LogP contribution >= 0.6 is 11.6 Å². The van der Waals surface area contributed by atoms with Gasteiger partial charge in [0, 0.05) is 13.0 Å². The molecule has 2 rings (SSSR count). The molecule has 22 N–H and O–H groups in total. The normalized spacial score (nSPS) is 24.0. The smallest absolute Gasteiger partial charge is 0.335 e. The van der Waals surface area contributed by atoms with Gasteiger partial charge >= 0.3 is 11.9 Å². The van der Waals surface area contributed by atoms with Crippen LogP contribution in [0.3, 0.4) is 0 Å². The minimum Gasteiger partial charge on any atom is -0.479 e. The van der Waals surface area contributed by atoms with Crippen molar-refractivity contribution in [3.8, 4) is 0 Å². The fourth-order valence-electron chi connectivity index (χ4n) is 8.02. The number of aliphatic hydroxyl groups excluding tert-OH is 4. The third-order valence-corrected chi connectivity index (χ3v) is 12.9. The highest BCUT2D eigenvalue weighted by Crippen LogP contribution is 2.12. The lowest BCUT2D eigenvalue weighted by molar-refractivity contribution is -0.155. The predicted octanol–water partition coefficient (Wildman–Crippen LogP) is -6.42. The molecule has 1 aliphatic rings. The molecular formula is C51H81ClN14O17. The molecule has 11 atom stereocenters. The molecule has 32 heteroatoms. The molecule has 0 aliphatic carbocycles. The lowest BCUT2D eigenvalue weighted by Crippen LogP contribution is -2.62. The molecular weight excluding hydrogens is 1120 g/mol. The van der Waals surface area contributed by atoms with Crippen molar-refractivity contribution in [2.24, 2.45) is 27.9 Å². The Hall–Kier alpha value is -7.55. The minimum absolute atomic E-state index is 0.0367. The molecule has 0 saturated carbocycles. The number of aliphatic hydroxyl groups is 4. The maximum atomic E-state index is 14.3. The second-order valence-corrected chi connectivity index (χ2v) is 19.5. The zero-order valence-corrected chi connectivity index (χ0v) is 47.1. The highest BCUT2D eigenvalue weighted by atomic mass is 35.5. The summed E-state index contributed by atoms with van der Waals surface area (Å²) in [5.74, 6) is -15.6. The van der Waals surface area contributed by atoms with E-state index in [1.54, 1.807) is 30.3 Å². The maximum Gasteiger partial charge on any atom is 0.335 e. The molecule has 1 aromatic rings. The number of nitrogens with zero attached hydrogens (tertiary/aromatic N) is 1. The summed E-state index contributed by atoms with van der Waals surface area (Å²) in [5.41, 5.74) is 22.4. The Balaban J connectivity index is 2.84. The Labute approximate surface area is 484 Å². The molecule has 9 amide bonds. The molecule has 464 valence electrons. The number of allylic oxidation sites excluding steroid dienone is 1. The van der Waals surface area contributed by atoms with Gasteiger partial charge in [-0.15, -0.1) is 11.6 Å². The molecule has 1 aromatic carbocycles. The SMILES string of the molecule is C/C=C1\NC(=O)[C@H](Cc2ccccc2)NC(=O)C(CCCN=C(N)N)NC(=O)C(CCN)NC(=O)[C@@H](CCN)NC(=O)C(CO)NC(=O)C(NC(=O)C[C@H](O)CCCCCCC)COC(=O)C([C@H](O)CCl)NC(=O)[C@H]([C@H](O)C(=O)O)NC1=O. The van der Waals surface area contributed by atoms with E-state index >= 15 is 0 Å². The number of nitrogens with two attached hydrogens (primary N) is 4. The first-order chi connectivity index (χ1) is 39.4. The summed E-state index contributed by atoms with van der Waals surface area (Å²) in [5, 5.41) is 72.9. The number of hydrogen-bond acceptors (Lipinski definition) is 19. The van der Waals surface area contributed by atoms with Crippen LogP contribution in [0.4, 0.5) is 0 Å². The predicted molar refractivity (Wildman–Crippen MR) is 297 cm³/mol. The van der Waals surface area contributed by atoms with Gasteiger partial charge in [0.2, 0.25) is 47.3 Å². The lowest BCUT2D eigenvalue weighted by Gasteiger charge is -2.28. The van der Waals surface area contributed by atoms with E-state index < -0.39 is 163 Å². The van der Waals surface area contributed by atoms with Crippen LogP contribution in [-0.4, -0.2) is 202 Å². The Bertz CT molecular complexity index is 2400. The second kappa shape index (κ2) is 38.3. The van der Waals surface area contributed by atoms with E-state index in [0.717, 1.165) is 31.8 Å². The van der Waals surface area contributed by atoms with Gasteiger partial charge in [-0.3, -0.25) is 48.1 Å². The third kappa shape index (κ3) is 25.6. The number of ether oxygens (including phenoxy) is 1. The molecule has 0 bridgehead atoms. The van der Waals surface area contributed by atoms with Crippen molar-refractivity contribution >= 4 is 82.7 Å². The number of carboxylic acid groups (broad SMARTS) is 1. The van der Waals surface area contributed by atoms with Crippen LogP contribution in [0.2, 0.25) is 0 Å². The number of guanidine groups is 1. The molecule has 1 saturated heterocycles. The monoisotopic (exact) mass is 1200 g/mol. The molecule has 0 spiro atoms. The number of nitrogens with one attached hydrogen (secondary N) is 9. The fraction of sp³-hybridized carbons (Fsp3) is 0.608. The number of esters is 1. The highest BCUT2D eigenvalue weighted by molar-refractivity contribution is 6.18. The van der Waals surface area contributed by atoms with Crippen molar-refractivity contribution in [1.82, 2.24) is 47.9 Å². The first kappa shape index (κ1) is 71.6. The number of unbranched alkanes of at least 4 members (excludes halogenated alkanes) is 4. The number of aliphatic imine (C=N–C) groups is 1. The van der Waals surface area contributed by atoms with Crippen molar-refractivity contribution in [3.63, 3.8) is 0 Å². The Morgan fingerprint density at radius 1 is 0.723 bits per heavy atom. The summed E-state index contributed by atoms with van der Waals surface area (Å²) in [6.07, 6.45) is -2.48. The lowest BCUT2D eigenvalue weighted by atomic mass is 10.0. The second-order valence-electron chi connectivity index (χ2n) is 19.2. The van der Waals surface area contributed by atoms with E-state index in [2.05, 4.69) is 42.2 Å². The average Bonchev–Trinajstić information content (AvgIpc) is 3.52. The Morgan fingerprint density at radius 3 is 1.81 bits per heavy atom. The third-order valence-electron chi connectivity index (χ3n) is 12.6. The van der Waals surface area contributed by atoms with Crippen molar-refractivity contribution < 1.29 is 83.0 Å². The fourth-order valence-corrected chi connectivity index (χ4v) is 8.20. The van der Waals surface area contributed by atoms with Gasteiger partial charge < -0.3 is 101 Å². The first-order valence-corrected chi connectivity index (χ1v) is 27.5. The number of aliphatic carboxylic acids is 1. The van der Waals surface area contributed by atoms with E-state index in [0.29, 0.717) is 12.0 Å². The highest BCUT2D eigenvalue weighted by Gasteiger charge is 2.40. The number of benzene rings is 1. The van der Waals surface area contributed by atoms with Gasteiger partial charge in [-0.2, -0.15) is 0 Å². The number of carbonyl (C=O) groups excluding carboxylic acids is 10. The van der Waals surface area contributed by atoms with Gasteiger partial charge in [-0.1, -0.05) is 75.4 Å². The van der Waals surface area contributed by atoms with E-state index in [-0.39, 0.29) is 64.1 Å². The van der Waals surface area contributed by atoms with Gasteiger partial charge in [0.25, 0.3) is 5.91 Å². The topological polar surface area (TPSA) is 523 Å². The molecule has 83 heavy (non-hydrogen) atoms. The number of hydrogen-bond donors (Lipinski definition) is 18. The minimum atomic E-state index is -2.81. The number of carbonyl (C=O) groups is 11. The zero-order valence-electron chi connectivity index (χ0n) is 46.3. The molecule has 0 aromatic heterocycles. The van der Waals surface area contributed by atoms with Crippen LogP contribution in [-0.2, 0) is 63.9 Å². The largest absolute Gasteiger partial charge is 0.479 e. The van der Waals surface area contributed by atoms with Crippen molar-refractivity contribution in [2.75, 3.05) is 38.7 Å². The van der Waals surface area contributed by atoms with Crippen molar-refractivity contribution in [2.45, 2.75) is 158 Å². The molecule has 5 unspecified atom stereocenters. The summed E-state index contributed by atoms with van der Waals surface area (Å²) in [6.45, 7) is 0.347. The molecule has 1 aliphatic heterocycles. The number of cyclic esters (lactones) is 1. The van der Waals surface area contributed by atoms with Crippen LogP contribution in [0.15, 0.2) is 47.1 Å². The Morgan fingerprint density at radius 2 is 1.28 bits per heavy atom. The van der Waals surface area contributed by atoms with Gasteiger partial charge in [-0.25, -0.2) is 9.59 Å². The standard InChI is InChI=1S/C51H81ClN14O17/c1-3-5-6-7-11-15-28(68)23-37(70)58-35-26-83-50(82)38(36(69)24-52)65-48(79)39(40(71)49(80)81)66-41(72)29(4-2)59-45(76)33(22-27-13-9-8-10-14-27)63-42(73)30(16-12-21-57-51(55)56)60-43(74)31(17-19-53)61-44(75)32(18-20-54)62-46(77)34(25-67)64-47(35)78/h4,8-10,13-14,28,30-36,38-40,67-69,71H,3,5-7,11-12,15-26,53-54H2,1-2H3,(H,58,70)(H,59,76)(H,60,74)(H,61,75)(H,62,77)(H,63,73)(H,64,78)(H,65,79)(H,66,72)(H,80,81)(H4,55,56,57)/b29-4-/t28-,30?,31?,32-,33+,34?,35?,36-,38?,39+,40+/m1/s1. The summed E-state index contributed by atoms with van der Waals surface area (Å²) in [6, 6.07) is -6.93. The maximum absolute atomic E-state index is 14.3. The van der Waals surface area contributed by atoms with Crippen LogP contribution in [0.5, 0.6) is 0 Å². The van der Waals surface area contributed by atoms with E-state index in [4.69, 9.17) is 39.3 Å². The number of halogens is 1. The number of amides is 9. The zero-order chi connectivity index (χ0) is 62.2. The van der Waals surface area contributed by atoms with Crippen LogP contribution < -0.4 is 70.8 Å². The van der Waals surface area contributed by atoms with Gasteiger partial charge in [-0.05, 0) is 57.7 Å². The molecule has 1 fully saturated rings. The summed E-state index contributed by atoms with van der Waals surface area (Å²) in [7, 11) is 0. The molecule has 1 heterocycles. The average molecular weight is 1200 g/mol. The van der Waals surface area contributed by atoms with Crippen LogP contribution in [0.1, 0.15) is 90.0 Å². The number of carboxylic acids is 1. The molecule has 0 radical (unpaired) electrons. The number of rotatable bonds is 24. The number of alkyl halides is 1. The summed E-state index contributed by atoms with van der Waals surface area (Å²) >= 11 is 5.87. The van der Waals surface area contributed by atoms with E-state index in [9.17, 15) is 78.3 Å². The van der Waals surface area contributed by atoms with E-state index in [1.807, 2.05) is 17.6 Å². The van der Waals surface area contributed by atoms with Crippen LogP contribution in [0, 0.1) is 0 Å².